The number of halogens is 1. The summed E-state index contributed by atoms with van der Waals surface area (Å²) < 4.78 is 5.10. The lowest BCUT2D eigenvalue weighted by molar-refractivity contribution is -0.137. The Balaban J connectivity index is 2.21. The van der Waals surface area contributed by atoms with Crippen molar-refractivity contribution in [2.45, 2.75) is 6.92 Å². The molecule has 0 radical (unpaired) electrons. The minimum Gasteiger partial charge on any atom is -0.372 e. The van der Waals surface area contributed by atoms with Gasteiger partial charge in [0.1, 0.15) is 6.61 Å². The molecular weight excluding hydrogens is 216 g/mol. The first-order valence-electron chi connectivity index (χ1n) is 5.41. The van der Waals surface area contributed by atoms with Crippen LogP contribution in [0.1, 0.15) is 6.92 Å². The van der Waals surface area contributed by atoms with E-state index in [1.165, 1.54) is 0 Å². The van der Waals surface area contributed by atoms with Gasteiger partial charge in [-0.05, 0) is 6.92 Å². The third-order valence-corrected chi connectivity index (χ3v) is 2.72. The normalized spacial score (nSPS) is 18.1. The van der Waals surface area contributed by atoms with Crippen LogP contribution in [0.5, 0.6) is 0 Å². The molecule has 5 heteroatoms. The van der Waals surface area contributed by atoms with Gasteiger partial charge in [0.15, 0.2) is 0 Å². The molecule has 1 amide bonds. The second-order valence-electron chi connectivity index (χ2n) is 3.55. The van der Waals surface area contributed by atoms with E-state index in [4.69, 9.17) is 16.3 Å². The van der Waals surface area contributed by atoms with Crippen LogP contribution in [0.2, 0.25) is 0 Å². The number of hydrogen-bond acceptors (Lipinski definition) is 3. The zero-order chi connectivity index (χ0) is 11.1. The highest BCUT2D eigenvalue weighted by Gasteiger charge is 2.20. The fourth-order valence-electron chi connectivity index (χ4n) is 1.62. The molecule has 0 spiro atoms. The Morgan fingerprint density at radius 3 is 2.53 bits per heavy atom. The maximum absolute atomic E-state index is 11.6. The smallest absolute Gasteiger partial charge is 0.248 e. The number of piperazine rings is 1. The summed E-state index contributed by atoms with van der Waals surface area (Å²) in [6, 6.07) is 0. The molecule has 1 aliphatic heterocycles. The van der Waals surface area contributed by atoms with Gasteiger partial charge in [-0.2, -0.15) is 0 Å². The van der Waals surface area contributed by atoms with Crippen molar-refractivity contribution in [2.24, 2.45) is 0 Å². The second-order valence-corrected chi connectivity index (χ2v) is 3.93. The standard InChI is InChI=1S/C10H19ClN2O2/c1-2-15-9-10(14)13-7-5-12(4-3-11)6-8-13/h2-9H2,1H3. The van der Waals surface area contributed by atoms with Crippen molar-refractivity contribution >= 4 is 17.5 Å². The van der Waals surface area contributed by atoms with Gasteiger partial charge in [0.25, 0.3) is 0 Å². The van der Waals surface area contributed by atoms with Gasteiger partial charge in [0.05, 0.1) is 0 Å². The molecule has 1 saturated heterocycles. The average Bonchev–Trinajstić information content (AvgIpc) is 2.27. The molecule has 1 rings (SSSR count). The summed E-state index contributed by atoms with van der Waals surface area (Å²) in [5.41, 5.74) is 0. The van der Waals surface area contributed by atoms with Crippen LogP contribution in [0.15, 0.2) is 0 Å². The van der Waals surface area contributed by atoms with E-state index in [0.717, 1.165) is 32.7 Å². The quantitative estimate of drug-likeness (QED) is 0.646. The average molecular weight is 235 g/mol. The minimum atomic E-state index is 0.0994. The summed E-state index contributed by atoms with van der Waals surface area (Å²) in [4.78, 5) is 15.7. The van der Waals surface area contributed by atoms with Crippen LogP contribution < -0.4 is 0 Å². The Morgan fingerprint density at radius 2 is 2.00 bits per heavy atom. The van der Waals surface area contributed by atoms with Crippen molar-refractivity contribution in [3.63, 3.8) is 0 Å². The fourth-order valence-corrected chi connectivity index (χ4v) is 1.86. The van der Waals surface area contributed by atoms with E-state index < -0.39 is 0 Å². The lowest BCUT2D eigenvalue weighted by Gasteiger charge is -2.34. The molecular formula is C10H19ClN2O2. The third kappa shape index (κ3) is 4.36. The Labute approximate surface area is 96.1 Å². The van der Waals surface area contributed by atoms with Crippen molar-refractivity contribution in [3.05, 3.63) is 0 Å². The SMILES string of the molecule is CCOCC(=O)N1CCN(CCCl)CC1. The van der Waals surface area contributed by atoms with Crippen LogP contribution in [-0.4, -0.2) is 67.5 Å². The van der Waals surface area contributed by atoms with Crippen LogP contribution in [-0.2, 0) is 9.53 Å². The lowest BCUT2D eigenvalue weighted by atomic mass is 10.3. The number of nitrogens with zero attached hydrogens (tertiary/aromatic N) is 2. The lowest BCUT2D eigenvalue weighted by Crippen LogP contribution is -2.50. The molecule has 0 atom stereocenters. The van der Waals surface area contributed by atoms with Crippen molar-refractivity contribution in [2.75, 3.05) is 51.8 Å². The number of ether oxygens (including phenoxy) is 1. The molecule has 0 N–H and O–H groups in total. The molecule has 15 heavy (non-hydrogen) atoms. The van der Waals surface area contributed by atoms with Gasteiger partial charge in [0.2, 0.25) is 5.91 Å². The monoisotopic (exact) mass is 234 g/mol. The summed E-state index contributed by atoms with van der Waals surface area (Å²) in [6.45, 7) is 7.05. The molecule has 88 valence electrons. The first kappa shape index (κ1) is 12.7. The summed E-state index contributed by atoms with van der Waals surface area (Å²) in [5, 5.41) is 0. The van der Waals surface area contributed by atoms with Crippen LogP contribution >= 0.6 is 11.6 Å². The molecule has 1 aliphatic rings. The Kier molecular flexibility index (Phi) is 5.98. The molecule has 0 aliphatic carbocycles. The van der Waals surface area contributed by atoms with E-state index in [-0.39, 0.29) is 12.5 Å². The van der Waals surface area contributed by atoms with E-state index in [0.29, 0.717) is 12.5 Å². The summed E-state index contributed by atoms with van der Waals surface area (Å²) in [6.07, 6.45) is 0. The Bertz CT molecular complexity index is 194. The van der Waals surface area contributed by atoms with E-state index in [9.17, 15) is 4.79 Å². The number of carbonyl (C=O) groups is 1. The minimum absolute atomic E-state index is 0.0994. The topological polar surface area (TPSA) is 32.8 Å². The maximum atomic E-state index is 11.6. The number of hydrogen-bond donors (Lipinski definition) is 0. The van der Waals surface area contributed by atoms with Gasteiger partial charge in [0, 0.05) is 45.2 Å². The predicted octanol–water partition coefficient (Wildman–Crippen LogP) is 0.406. The highest BCUT2D eigenvalue weighted by Crippen LogP contribution is 2.02. The van der Waals surface area contributed by atoms with E-state index in [1.54, 1.807) is 0 Å². The van der Waals surface area contributed by atoms with Crippen molar-refractivity contribution in [1.29, 1.82) is 0 Å². The zero-order valence-electron chi connectivity index (χ0n) is 9.25. The van der Waals surface area contributed by atoms with Crippen LogP contribution in [0.4, 0.5) is 0 Å². The molecule has 0 aromatic heterocycles. The molecule has 0 aromatic carbocycles. The van der Waals surface area contributed by atoms with Gasteiger partial charge >= 0.3 is 0 Å². The van der Waals surface area contributed by atoms with Crippen LogP contribution in [0, 0.1) is 0 Å². The number of rotatable bonds is 5. The first-order valence-corrected chi connectivity index (χ1v) is 5.95. The molecule has 1 heterocycles. The van der Waals surface area contributed by atoms with Gasteiger partial charge in [-0.3, -0.25) is 9.69 Å². The van der Waals surface area contributed by atoms with Gasteiger partial charge in [-0.25, -0.2) is 0 Å². The zero-order valence-corrected chi connectivity index (χ0v) is 10.0. The predicted molar refractivity (Wildman–Crippen MR) is 60.2 cm³/mol. The number of alkyl halides is 1. The molecule has 1 fully saturated rings. The Morgan fingerprint density at radius 1 is 1.33 bits per heavy atom. The van der Waals surface area contributed by atoms with Crippen molar-refractivity contribution in [1.82, 2.24) is 9.80 Å². The van der Waals surface area contributed by atoms with Crippen LogP contribution in [0.25, 0.3) is 0 Å². The third-order valence-electron chi connectivity index (χ3n) is 2.56. The number of carbonyl (C=O) groups excluding carboxylic acids is 1. The van der Waals surface area contributed by atoms with E-state index >= 15 is 0 Å². The van der Waals surface area contributed by atoms with E-state index in [1.807, 2.05) is 11.8 Å². The molecule has 0 bridgehead atoms. The van der Waals surface area contributed by atoms with Crippen molar-refractivity contribution < 1.29 is 9.53 Å². The highest BCUT2D eigenvalue weighted by atomic mass is 35.5. The van der Waals surface area contributed by atoms with Gasteiger partial charge in [-0.15, -0.1) is 11.6 Å². The summed E-state index contributed by atoms with van der Waals surface area (Å²) in [7, 11) is 0. The molecule has 0 saturated carbocycles. The second kappa shape index (κ2) is 7.04. The molecule has 4 nitrogen and oxygen atoms in total. The fraction of sp³-hybridized carbons (Fsp3) is 0.900. The van der Waals surface area contributed by atoms with E-state index in [2.05, 4.69) is 4.90 Å². The largest absolute Gasteiger partial charge is 0.372 e. The summed E-state index contributed by atoms with van der Waals surface area (Å²) >= 11 is 5.66. The molecule has 0 unspecified atom stereocenters. The number of amides is 1. The Hall–Kier alpha value is -0.320. The van der Waals surface area contributed by atoms with Crippen molar-refractivity contribution in [3.8, 4) is 0 Å². The van der Waals surface area contributed by atoms with Gasteiger partial charge < -0.3 is 9.64 Å². The maximum Gasteiger partial charge on any atom is 0.248 e. The summed E-state index contributed by atoms with van der Waals surface area (Å²) in [5.74, 6) is 0.759. The first-order chi connectivity index (χ1) is 7.27. The molecule has 0 aromatic rings. The van der Waals surface area contributed by atoms with Crippen LogP contribution in [0.3, 0.4) is 0 Å². The highest BCUT2D eigenvalue weighted by molar-refractivity contribution is 6.18. The van der Waals surface area contributed by atoms with Gasteiger partial charge in [-0.1, -0.05) is 0 Å².